The second-order valence-electron chi connectivity index (χ2n) is 8.43. The molecule has 0 aliphatic carbocycles. The fraction of sp³-hybridized carbons (Fsp3) is 0.357. The Balaban J connectivity index is 1.65. The van der Waals surface area contributed by atoms with Crippen LogP contribution in [-0.4, -0.2) is 32.3 Å². The Morgan fingerprint density at radius 1 is 0.970 bits per heavy atom. The van der Waals surface area contributed by atoms with Gasteiger partial charge in [0.1, 0.15) is 5.75 Å². The first-order valence-corrected chi connectivity index (χ1v) is 12.0. The summed E-state index contributed by atoms with van der Waals surface area (Å²) >= 11 is 6.40. The van der Waals surface area contributed by atoms with Gasteiger partial charge in [-0.2, -0.15) is 0 Å². The maximum Gasteiger partial charge on any atom is 0.161 e. The fourth-order valence-corrected chi connectivity index (χ4v) is 4.69. The number of halogens is 1. The maximum absolute atomic E-state index is 6.40. The van der Waals surface area contributed by atoms with E-state index in [1.807, 2.05) is 12.1 Å². The normalized spacial score (nSPS) is 15.7. The Kier molecular flexibility index (Phi) is 7.79. The van der Waals surface area contributed by atoms with Crippen molar-refractivity contribution in [1.29, 1.82) is 0 Å². The molecule has 4 rings (SSSR count). The zero-order valence-electron chi connectivity index (χ0n) is 19.6. The number of nitrogens with zero attached hydrogens (tertiary/aromatic N) is 1. The number of benzene rings is 3. The van der Waals surface area contributed by atoms with Crippen LogP contribution in [-0.2, 0) is 13.0 Å². The van der Waals surface area contributed by atoms with Gasteiger partial charge in [0, 0.05) is 18.1 Å². The van der Waals surface area contributed by atoms with Gasteiger partial charge in [0.05, 0.1) is 26.9 Å². The van der Waals surface area contributed by atoms with E-state index in [1.165, 1.54) is 22.3 Å². The predicted octanol–water partition coefficient (Wildman–Crippen LogP) is 6.68. The SMILES string of the molecule is CCCCOc1ccc(CN2CCc3cc(OC)c(OC)cc3C2c2cccc(Cl)c2)cc1. The van der Waals surface area contributed by atoms with E-state index >= 15 is 0 Å². The van der Waals surface area contributed by atoms with Crippen LogP contribution < -0.4 is 14.2 Å². The van der Waals surface area contributed by atoms with Crippen molar-refractivity contribution in [3.05, 3.63) is 87.9 Å². The van der Waals surface area contributed by atoms with E-state index in [2.05, 4.69) is 60.4 Å². The molecule has 33 heavy (non-hydrogen) atoms. The van der Waals surface area contributed by atoms with Crippen molar-refractivity contribution >= 4 is 11.6 Å². The maximum atomic E-state index is 6.40. The van der Waals surface area contributed by atoms with Crippen molar-refractivity contribution in [3.8, 4) is 17.2 Å². The molecule has 0 amide bonds. The average Bonchev–Trinajstić information content (AvgIpc) is 2.84. The molecule has 1 unspecified atom stereocenters. The van der Waals surface area contributed by atoms with Gasteiger partial charge < -0.3 is 14.2 Å². The van der Waals surface area contributed by atoms with Gasteiger partial charge in [0.2, 0.25) is 0 Å². The lowest BCUT2D eigenvalue weighted by atomic mass is 9.87. The molecule has 4 nitrogen and oxygen atoms in total. The zero-order valence-corrected chi connectivity index (χ0v) is 20.4. The second kappa shape index (κ2) is 11.0. The molecule has 3 aromatic rings. The minimum Gasteiger partial charge on any atom is -0.494 e. The Morgan fingerprint density at radius 2 is 1.73 bits per heavy atom. The number of ether oxygens (including phenoxy) is 3. The molecule has 0 bridgehead atoms. The molecule has 3 aromatic carbocycles. The van der Waals surface area contributed by atoms with Gasteiger partial charge in [-0.15, -0.1) is 0 Å². The third-order valence-electron chi connectivity index (χ3n) is 6.21. The summed E-state index contributed by atoms with van der Waals surface area (Å²) in [6.45, 7) is 4.71. The molecule has 0 N–H and O–H groups in total. The van der Waals surface area contributed by atoms with Crippen LogP contribution in [0.4, 0.5) is 0 Å². The number of fused-ring (bicyclic) bond motifs is 1. The average molecular weight is 466 g/mol. The number of unbranched alkanes of at least 4 members (excludes halogenated alkanes) is 1. The molecule has 1 aliphatic rings. The van der Waals surface area contributed by atoms with Gasteiger partial charge in [0.25, 0.3) is 0 Å². The smallest absolute Gasteiger partial charge is 0.161 e. The van der Waals surface area contributed by atoms with Crippen LogP contribution in [0.15, 0.2) is 60.7 Å². The summed E-state index contributed by atoms with van der Waals surface area (Å²) in [4.78, 5) is 2.51. The Morgan fingerprint density at radius 3 is 2.42 bits per heavy atom. The molecule has 1 heterocycles. The zero-order chi connectivity index (χ0) is 23.2. The van der Waals surface area contributed by atoms with Crippen molar-refractivity contribution in [1.82, 2.24) is 4.90 Å². The molecule has 174 valence electrons. The van der Waals surface area contributed by atoms with E-state index in [1.54, 1.807) is 14.2 Å². The number of hydrogen-bond donors (Lipinski definition) is 0. The summed E-state index contributed by atoms with van der Waals surface area (Å²) in [5.74, 6) is 2.45. The van der Waals surface area contributed by atoms with Gasteiger partial charge in [-0.1, -0.05) is 49.2 Å². The first-order chi connectivity index (χ1) is 16.1. The van der Waals surface area contributed by atoms with Gasteiger partial charge in [-0.05, 0) is 71.5 Å². The summed E-state index contributed by atoms with van der Waals surface area (Å²) in [6, 6.07) is 21.0. The molecule has 1 atom stereocenters. The fourth-order valence-electron chi connectivity index (χ4n) is 4.50. The molecule has 0 saturated heterocycles. The first-order valence-electron chi connectivity index (χ1n) is 11.6. The van der Waals surface area contributed by atoms with E-state index < -0.39 is 0 Å². The van der Waals surface area contributed by atoms with Crippen LogP contribution in [0.3, 0.4) is 0 Å². The van der Waals surface area contributed by atoms with Crippen LogP contribution in [0.2, 0.25) is 5.02 Å². The van der Waals surface area contributed by atoms with Crippen molar-refractivity contribution < 1.29 is 14.2 Å². The van der Waals surface area contributed by atoms with Crippen molar-refractivity contribution in [2.75, 3.05) is 27.4 Å². The van der Waals surface area contributed by atoms with Crippen LogP contribution in [0.5, 0.6) is 17.2 Å². The molecular formula is C28H32ClNO3. The molecule has 5 heteroatoms. The lowest BCUT2D eigenvalue weighted by Crippen LogP contribution is -2.35. The lowest BCUT2D eigenvalue weighted by Gasteiger charge is -2.38. The summed E-state index contributed by atoms with van der Waals surface area (Å²) in [5, 5.41) is 0.744. The number of rotatable bonds is 9. The van der Waals surface area contributed by atoms with Gasteiger partial charge in [-0.3, -0.25) is 4.90 Å². The van der Waals surface area contributed by atoms with Crippen molar-refractivity contribution in [3.63, 3.8) is 0 Å². The standard InChI is InChI=1S/C28H32ClNO3/c1-4-5-15-33-24-11-9-20(10-12-24)19-30-14-13-21-17-26(31-2)27(32-3)18-25(21)28(30)22-7-6-8-23(29)16-22/h6-12,16-18,28H,4-5,13-15,19H2,1-3H3. The molecule has 0 fully saturated rings. The van der Waals surface area contributed by atoms with Gasteiger partial charge in [-0.25, -0.2) is 0 Å². The van der Waals surface area contributed by atoms with Crippen LogP contribution in [0, 0.1) is 0 Å². The molecule has 0 spiro atoms. The third-order valence-corrected chi connectivity index (χ3v) is 6.45. The van der Waals surface area contributed by atoms with Crippen molar-refractivity contribution in [2.24, 2.45) is 0 Å². The molecule has 1 aliphatic heterocycles. The second-order valence-corrected chi connectivity index (χ2v) is 8.87. The van der Waals surface area contributed by atoms with E-state index in [9.17, 15) is 0 Å². The first kappa shape index (κ1) is 23.5. The lowest BCUT2D eigenvalue weighted by molar-refractivity contribution is 0.203. The Bertz CT molecular complexity index is 1070. The molecule has 0 radical (unpaired) electrons. The van der Waals surface area contributed by atoms with Crippen LogP contribution in [0.1, 0.15) is 48.1 Å². The Hall–Kier alpha value is -2.69. The minimum absolute atomic E-state index is 0.0766. The summed E-state index contributed by atoms with van der Waals surface area (Å²) in [7, 11) is 3.37. The van der Waals surface area contributed by atoms with Gasteiger partial charge >= 0.3 is 0 Å². The quantitative estimate of drug-likeness (QED) is 0.329. The molecular weight excluding hydrogens is 434 g/mol. The predicted molar refractivity (Wildman–Crippen MR) is 134 cm³/mol. The highest BCUT2D eigenvalue weighted by Crippen LogP contribution is 2.42. The summed E-state index contributed by atoms with van der Waals surface area (Å²) in [5.41, 5.74) is 4.96. The highest BCUT2D eigenvalue weighted by molar-refractivity contribution is 6.30. The van der Waals surface area contributed by atoms with Crippen LogP contribution >= 0.6 is 11.6 Å². The topological polar surface area (TPSA) is 30.9 Å². The van der Waals surface area contributed by atoms with Crippen LogP contribution in [0.25, 0.3) is 0 Å². The number of hydrogen-bond acceptors (Lipinski definition) is 4. The molecule has 0 saturated carbocycles. The summed E-state index contributed by atoms with van der Waals surface area (Å²) < 4.78 is 17.0. The highest BCUT2D eigenvalue weighted by atomic mass is 35.5. The molecule has 0 aromatic heterocycles. The van der Waals surface area contributed by atoms with Crippen molar-refractivity contribution in [2.45, 2.75) is 38.8 Å². The number of methoxy groups -OCH3 is 2. The Labute approximate surface area is 202 Å². The largest absolute Gasteiger partial charge is 0.494 e. The minimum atomic E-state index is 0.0766. The third kappa shape index (κ3) is 5.45. The summed E-state index contributed by atoms with van der Waals surface area (Å²) in [6.07, 6.45) is 3.16. The van der Waals surface area contributed by atoms with E-state index in [0.717, 1.165) is 61.2 Å². The van der Waals surface area contributed by atoms with E-state index in [0.29, 0.717) is 0 Å². The van der Waals surface area contributed by atoms with E-state index in [4.69, 9.17) is 25.8 Å². The van der Waals surface area contributed by atoms with E-state index in [-0.39, 0.29) is 6.04 Å². The van der Waals surface area contributed by atoms with Gasteiger partial charge in [0.15, 0.2) is 11.5 Å². The highest BCUT2D eigenvalue weighted by Gasteiger charge is 2.30. The monoisotopic (exact) mass is 465 g/mol.